The van der Waals surface area contributed by atoms with Crippen LogP contribution in [-0.2, 0) is 11.3 Å². The maximum absolute atomic E-state index is 12.7. The Kier molecular flexibility index (Phi) is 3.35. The topological polar surface area (TPSA) is 75.4 Å². The molecule has 1 spiro atoms. The summed E-state index contributed by atoms with van der Waals surface area (Å²) in [6.07, 6.45) is 3.43. The molecule has 0 bridgehead atoms. The number of rotatable bonds is 2. The summed E-state index contributed by atoms with van der Waals surface area (Å²) in [7, 11) is 0. The Morgan fingerprint density at radius 2 is 1.95 bits per heavy atom. The Balaban J connectivity index is 1.80. The molecule has 1 aromatic rings. The Bertz CT molecular complexity index is 577. The van der Waals surface area contributed by atoms with Crippen LogP contribution >= 0.6 is 0 Å². The lowest BCUT2D eigenvalue weighted by Gasteiger charge is -2.33. The van der Waals surface area contributed by atoms with Crippen LogP contribution in [0.15, 0.2) is 24.3 Å². The first-order valence-corrected chi connectivity index (χ1v) is 7.49. The molecule has 1 saturated heterocycles. The van der Waals surface area contributed by atoms with Crippen molar-refractivity contribution in [1.82, 2.24) is 10.2 Å². The SMILES string of the molecule is CC1CCC2(CC1)NC(=O)N(Cc1ccccc1N)C2=O. The standard InChI is InChI=1S/C16H21N3O2/c1-11-6-8-16(9-7-11)14(20)19(15(21)18-16)10-12-4-2-3-5-13(12)17/h2-5,11H,6-10,17H2,1H3,(H,18,21). The van der Waals surface area contributed by atoms with E-state index in [0.717, 1.165) is 31.2 Å². The largest absolute Gasteiger partial charge is 0.398 e. The Morgan fingerprint density at radius 3 is 2.62 bits per heavy atom. The van der Waals surface area contributed by atoms with Gasteiger partial charge in [-0.15, -0.1) is 0 Å². The van der Waals surface area contributed by atoms with Crippen molar-refractivity contribution in [2.24, 2.45) is 5.92 Å². The van der Waals surface area contributed by atoms with Crippen LogP contribution in [0.5, 0.6) is 0 Å². The number of nitrogens with zero attached hydrogens (tertiary/aromatic N) is 1. The van der Waals surface area contributed by atoms with Gasteiger partial charge in [-0.1, -0.05) is 25.1 Å². The second-order valence-corrected chi connectivity index (χ2v) is 6.28. The van der Waals surface area contributed by atoms with E-state index in [0.29, 0.717) is 11.6 Å². The molecule has 0 radical (unpaired) electrons. The fourth-order valence-corrected chi connectivity index (χ4v) is 3.26. The molecule has 1 aromatic carbocycles. The van der Waals surface area contributed by atoms with Gasteiger partial charge in [-0.25, -0.2) is 4.79 Å². The van der Waals surface area contributed by atoms with E-state index in [-0.39, 0.29) is 18.5 Å². The van der Waals surface area contributed by atoms with Crippen molar-refractivity contribution in [3.8, 4) is 0 Å². The van der Waals surface area contributed by atoms with Crippen molar-refractivity contribution in [3.05, 3.63) is 29.8 Å². The van der Waals surface area contributed by atoms with E-state index in [2.05, 4.69) is 12.2 Å². The van der Waals surface area contributed by atoms with E-state index >= 15 is 0 Å². The first-order chi connectivity index (χ1) is 10.0. The molecule has 5 heteroatoms. The van der Waals surface area contributed by atoms with Gasteiger partial charge in [0, 0.05) is 5.69 Å². The minimum atomic E-state index is -0.673. The Morgan fingerprint density at radius 1 is 1.29 bits per heavy atom. The zero-order chi connectivity index (χ0) is 15.0. The third-order valence-corrected chi connectivity index (χ3v) is 4.76. The monoisotopic (exact) mass is 287 g/mol. The number of hydrogen-bond donors (Lipinski definition) is 2. The van der Waals surface area contributed by atoms with E-state index in [9.17, 15) is 9.59 Å². The number of benzene rings is 1. The zero-order valence-corrected chi connectivity index (χ0v) is 12.3. The number of amides is 3. The van der Waals surface area contributed by atoms with Crippen LogP contribution in [0.2, 0.25) is 0 Å². The highest BCUT2D eigenvalue weighted by atomic mass is 16.2. The molecule has 1 saturated carbocycles. The van der Waals surface area contributed by atoms with Crippen molar-refractivity contribution in [3.63, 3.8) is 0 Å². The molecule has 0 atom stereocenters. The average molecular weight is 287 g/mol. The number of hydrogen-bond acceptors (Lipinski definition) is 3. The van der Waals surface area contributed by atoms with Crippen molar-refractivity contribution in [1.29, 1.82) is 0 Å². The number of imide groups is 1. The van der Waals surface area contributed by atoms with E-state index in [4.69, 9.17) is 5.73 Å². The lowest BCUT2D eigenvalue weighted by molar-refractivity contribution is -0.133. The summed E-state index contributed by atoms with van der Waals surface area (Å²) in [5.74, 6) is 0.529. The molecular formula is C16H21N3O2. The summed E-state index contributed by atoms with van der Waals surface area (Å²) in [5.41, 5.74) is 6.65. The molecule has 5 nitrogen and oxygen atoms in total. The number of nitrogens with two attached hydrogens (primary N) is 1. The summed E-state index contributed by atoms with van der Waals surface area (Å²) in [5, 5.41) is 2.93. The number of carbonyl (C=O) groups excluding carboxylic acids is 2. The van der Waals surface area contributed by atoms with Crippen LogP contribution in [0.4, 0.5) is 10.5 Å². The molecule has 2 aliphatic rings. The minimum absolute atomic E-state index is 0.0948. The van der Waals surface area contributed by atoms with Gasteiger partial charge in [-0.2, -0.15) is 0 Å². The summed E-state index contributed by atoms with van der Waals surface area (Å²) in [6, 6.07) is 7.05. The molecule has 1 heterocycles. The summed E-state index contributed by atoms with van der Waals surface area (Å²) in [6.45, 7) is 2.44. The van der Waals surface area contributed by atoms with Gasteiger partial charge >= 0.3 is 6.03 Å². The van der Waals surface area contributed by atoms with Gasteiger partial charge in [0.15, 0.2) is 0 Å². The maximum atomic E-state index is 12.7. The van der Waals surface area contributed by atoms with Crippen molar-refractivity contribution >= 4 is 17.6 Å². The van der Waals surface area contributed by atoms with Crippen LogP contribution in [0, 0.1) is 5.92 Å². The number of nitrogen functional groups attached to an aromatic ring is 1. The molecular weight excluding hydrogens is 266 g/mol. The van der Waals surface area contributed by atoms with Crippen molar-refractivity contribution < 1.29 is 9.59 Å². The summed E-state index contributed by atoms with van der Waals surface area (Å²) in [4.78, 5) is 26.2. The van der Waals surface area contributed by atoms with Gasteiger partial charge in [-0.05, 0) is 43.2 Å². The summed E-state index contributed by atoms with van der Waals surface area (Å²) < 4.78 is 0. The molecule has 0 aromatic heterocycles. The Hall–Kier alpha value is -2.04. The number of anilines is 1. The third-order valence-electron chi connectivity index (χ3n) is 4.76. The molecule has 21 heavy (non-hydrogen) atoms. The van der Waals surface area contributed by atoms with Crippen LogP contribution in [-0.4, -0.2) is 22.4 Å². The minimum Gasteiger partial charge on any atom is -0.398 e. The molecule has 0 unspecified atom stereocenters. The van der Waals surface area contributed by atoms with Gasteiger partial charge in [0.1, 0.15) is 5.54 Å². The highest BCUT2D eigenvalue weighted by Crippen LogP contribution is 2.36. The van der Waals surface area contributed by atoms with Crippen molar-refractivity contribution in [2.75, 3.05) is 5.73 Å². The molecule has 3 amide bonds. The predicted molar refractivity (Wildman–Crippen MR) is 80.3 cm³/mol. The van der Waals surface area contributed by atoms with Gasteiger partial charge in [0.25, 0.3) is 5.91 Å². The Labute approximate surface area is 124 Å². The second kappa shape index (κ2) is 5.06. The highest BCUT2D eigenvalue weighted by molar-refractivity contribution is 6.07. The quantitative estimate of drug-likeness (QED) is 0.647. The predicted octanol–water partition coefficient (Wildman–Crippen LogP) is 2.27. The first kappa shape index (κ1) is 13.9. The van der Waals surface area contributed by atoms with Crippen molar-refractivity contribution in [2.45, 2.75) is 44.7 Å². The molecule has 112 valence electrons. The molecule has 2 fully saturated rings. The number of urea groups is 1. The fraction of sp³-hybridized carbons (Fsp3) is 0.500. The zero-order valence-electron chi connectivity index (χ0n) is 12.3. The smallest absolute Gasteiger partial charge is 0.325 e. The van der Waals surface area contributed by atoms with Gasteiger partial charge in [0.05, 0.1) is 6.54 Å². The van der Waals surface area contributed by atoms with E-state index < -0.39 is 5.54 Å². The lowest BCUT2D eigenvalue weighted by Crippen LogP contribution is -2.49. The summed E-state index contributed by atoms with van der Waals surface area (Å²) >= 11 is 0. The van der Waals surface area contributed by atoms with Crippen LogP contribution in [0.3, 0.4) is 0 Å². The van der Waals surface area contributed by atoms with Crippen LogP contribution in [0.1, 0.15) is 38.2 Å². The van der Waals surface area contributed by atoms with Crippen LogP contribution < -0.4 is 11.1 Å². The molecule has 1 aliphatic heterocycles. The second-order valence-electron chi connectivity index (χ2n) is 6.28. The highest BCUT2D eigenvalue weighted by Gasteiger charge is 2.51. The first-order valence-electron chi connectivity index (χ1n) is 7.49. The fourth-order valence-electron chi connectivity index (χ4n) is 3.26. The lowest BCUT2D eigenvalue weighted by atomic mass is 9.77. The average Bonchev–Trinajstić information content (AvgIpc) is 2.69. The van der Waals surface area contributed by atoms with Gasteiger partial charge in [0.2, 0.25) is 0 Å². The number of para-hydroxylation sites is 1. The normalized spacial score (nSPS) is 29.0. The van der Waals surface area contributed by atoms with Gasteiger partial charge in [-0.3, -0.25) is 9.69 Å². The number of carbonyl (C=O) groups is 2. The third kappa shape index (κ3) is 2.37. The maximum Gasteiger partial charge on any atom is 0.325 e. The molecule has 3 N–H and O–H groups in total. The van der Waals surface area contributed by atoms with Gasteiger partial charge < -0.3 is 11.1 Å². The number of nitrogens with one attached hydrogen (secondary N) is 1. The molecule has 3 rings (SSSR count). The van der Waals surface area contributed by atoms with E-state index in [1.54, 1.807) is 6.07 Å². The van der Waals surface area contributed by atoms with E-state index in [1.165, 1.54) is 4.90 Å². The van der Waals surface area contributed by atoms with Crippen LogP contribution in [0.25, 0.3) is 0 Å². The van der Waals surface area contributed by atoms with E-state index in [1.807, 2.05) is 18.2 Å². The molecule has 1 aliphatic carbocycles.